The van der Waals surface area contributed by atoms with E-state index in [0.717, 1.165) is 21.3 Å². The Morgan fingerprint density at radius 2 is 2.28 bits per heavy atom. The van der Waals surface area contributed by atoms with Crippen molar-refractivity contribution in [3.05, 3.63) is 45.7 Å². The number of aryl methyl sites for hydroxylation is 1. The van der Waals surface area contributed by atoms with Crippen molar-refractivity contribution < 1.29 is 4.79 Å². The van der Waals surface area contributed by atoms with Crippen LogP contribution in [0.2, 0.25) is 0 Å². The lowest BCUT2D eigenvalue weighted by Gasteiger charge is -2.12. The van der Waals surface area contributed by atoms with Crippen LogP contribution < -0.4 is 0 Å². The summed E-state index contributed by atoms with van der Waals surface area (Å²) in [5, 5.41) is 7.87. The second-order valence-electron chi connectivity index (χ2n) is 4.35. The molecule has 92 valence electrons. The average molecular weight is 307 g/mol. The molecule has 0 unspecified atom stereocenters. The molecule has 2 heterocycles. The maximum absolute atomic E-state index is 12.2. The van der Waals surface area contributed by atoms with Gasteiger partial charge < -0.3 is 4.90 Å². The molecule has 0 aliphatic carbocycles. The van der Waals surface area contributed by atoms with Gasteiger partial charge in [0.15, 0.2) is 0 Å². The number of carbonyl (C=O) groups is 1. The van der Waals surface area contributed by atoms with Crippen LogP contribution >= 0.6 is 15.9 Å². The Kier molecular flexibility index (Phi) is 2.66. The third-order valence-corrected chi connectivity index (χ3v) is 3.45. The van der Waals surface area contributed by atoms with Crippen LogP contribution in [0.5, 0.6) is 0 Å². The van der Waals surface area contributed by atoms with E-state index in [1.807, 2.05) is 31.4 Å². The van der Waals surface area contributed by atoms with E-state index in [0.29, 0.717) is 13.1 Å². The molecule has 0 saturated heterocycles. The fourth-order valence-electron chi connectivity index (χ4n) is 2.12. The summed E-state index contributed by atoms with van der Waals surface area (Å²) in [6.07, 6.45) is 1.83. The Bertz CT molecular complexity index is 622. The van der Waals surface area contributed by atoms with Crippen LogP contribution in [0.4, 0.5) is 0 Å². The molecule has 0 atom stereocenters. The number of aromatic nitrogens is 3. The average Bonchev–Trinajstić information content (AvgIpc) is 2.86. The van der Waals surface area contributed by atoms with Crippen LogP contribution in [-0.4, -0.2) is 25.8 Å². The molecule has 0 spiro atoms. The molecule has 1 aromatic heterocycles. The highest BCUT2D eigenvalue weighted by molar-refractivity contribution is 9.10. The van der Waals surface area contributed by atoms with E-state index in [1.54, 1.807) is 9.58 Å². The van der Waals surface area contributed by atoms with E-state index < -0.39 is 0 Å². The van der Waals surface area contributed by atoms with Gasteiger partial charge in [-0.3, -0.25) is 9.48 Å². The molecule has 0 saturated carbocycles. The number of hydrogen-bond donors (Lipinski definition) is 0. The molecule has 0 fully saturated rings. The van der Waals surface area contributed by atoms with Crippen molar-refractivity contribution in [2.75, 3.05) is 0 Å². The summed E-state index contributed by atoms with van der Waals surface area (Å²) >= 11 is 3.39. The van der Waals surface area contributed by atoms with E-state index in [1.165, 1.54) is 0 Å². The number of amides is 1. The maximum Gasteiger partial charge on any atom is 0.254 e. The monoisotopic (exact) mass is 306 g/mol. The summed E-state index contributed by atoms with van der Waals surface area (Å²) in [6.45, 7) is 1.14. The standard InChI is InChI=1S/C12H11BrN4O/c1-16-6-10(14-15-16)7-17-5-8-2-3-9(13)4-11(8)12(17)18/h2-4,6H,5,7H2,1H3. The molecule has 3 rings (SSSR count). The first kappa shape index (κ1) is 11.4. The topological polar surface area (TPSA) is 51.0 Å². The fraction of sp³-hybridized carbons (Fsp3) is 0.250. The number of benzene rings is 1. The van der Waals surface area contributed by atoms with Gasteiger partial charge in [-0.15, -0.1) is 5.10 Å². The summed E-state index contributed by atoms with van der Waals surface area (Å²) in [7, 11) is 1.81. The minimum atomic E-state index is 0.0527. The minimum Gasteiger partial charge on any atom is -0.328 e. The summed E-state index contributed by atoms with van der Waals surface area (Å²) < 4.78 is 2.57. The maximum atomic E-state index is 12.2. The van der Waals surface area contributed by atoms with Crippen LogP contribution in [0.25, 0.3) is 0 Å². The molecule has 6 heteroatoms. The highest BCUT2D eigenvalue weighted by atomic mass is 79.9. The largest absolute Gasteiger partial charge is 0.328 e. The number of rotatable bonds is 2. The molecular formula is C12H11BrN4O. The number of halogens is 1. The fourth-order valence-corrected chi connectivity index (χ4v) is 2.49. The molecule has 18 heavy (non-hydrogen) atoms. The van der Waals surface area contributed by atoms with E-state index >= 15 is 0 Å². The molecule has 1 aliphatic heterocycles. The van der Waals surface area contributed by atoms with Crippen LogP contribution in [-0.2, 0) is 20.1 Å². The highest BCUT2D eigenvalue weighted by Crippen LogP contribution is 2.26. The van der Waals surface area contributed by atoms with E-state index in [4.69, 9.17) is 0 Å². The van der Waals surface area contributed by atoms with Crippen molar-refractivity contribution in [3.8, 4) is 0 Å². The SMILES string of the molecule is Cn1cc(CN2Cc3ccc(Br)cc3C2=O)nn1. The van der Waals surface area contributed by atoms with Crippen LogP contribution in [0, 0.1) is 0 Å². The van der Waals surface area contributed by atoms with Gasteiger partial charge in [-0.1, -0.05) is 27.2 Å². The van der Waals surface area contributed by atoms with Crippen molar-refractivity contribution >= 4 is 21.8 Å². The Morgan fingerprint density at radius 1 is 1.44 bits per heavy atom. The van der Waals surface area contributed by atoms with E-state index in [-0.39, 0.29) is 5.91 Å². The molecule has 2 aromatic rings. The Morgan fingerprint density at radius 3 is 3.00 bits per heavy atom. The smallest absolute Gasteiger partial charge is 0.254 e. The summed E-state index contributed by atoms with van der Waals surface area (Å²) in [5.41, 5.74) is 2.64. The minimum absolute atomic E-state index is 0.0527. The summed E-state index contributed by atoms with van der Waals surface area (Å²) in [5.74, 6) is 0.0527. The zero-order valence-corrected chi connectivity index (χ0v) is 11.4. The lowest BCUT2D eigenvalue weighted by Crippen LogP contribution is -2.23. The quantitative estimate of drug-likeness (QED) is 0.849. The van der Waals surface area contributed by atoms with Crippen LogP contribution in [0.1, 0.15) is 21.6 Å². The number of nitrogens with zero attached hydrogens (tertiary/aromatic N) is 4. The molecule has 0 bridgehead atoms. The van der Waals surface area contributed by atoms with Gasteiger partial charge in [-0.05, 0) is 17.7 Å². The number of carbonyl (C=O) groups excluding carboxylic acids is 1. The lowest BCUT2D eigenvalue weighted by molar-refractivity contribution is 0.0764. The molecule has 0 radical (unpaired) electrons. The molecule has 0 N–H and O–H groups in total. The Balaban J connectivity index is 1.84. The van der Waals surface area contributed by atoms with Crippen molar-refractivity contribution in [3.63, 3.8) is 0 Å². The van der Waals surface area contributed by atoms with E-state index in [9.17, 15) is 4.79 Å². The molecular weight excluding hydrogens is 296 g/mol. The first-order valence-electron chi connectivity index (χ1n) is 5.56. The number of fused-ring (bicyclic) bond motifs is 1. The zero-order chi connectivity index (χ0) is 12.7. The van der Waals surface area contributed by atoms with Gasteiger partial charge in [0.05, 0.1) is 6.54 Å². The van der Waals surface area contributed by atoms with Gasteiger partial charge in [0.2, 0.25) is 0 Å². The molecule has 1 aliphatic rings. The van der Waals surface area contributed by atoms with Gasteiger partial charge in [-0.2, -0.15) is 0 Å². The van der Waals surface area contributed by atoms with Crippen molar-refractivity contribution in [1.82, 2.24) is 19.9 Å². The zero-order valence-electron chi connectivity index (χ0n) is 9.80. The van der Waals surface area contributed by atoms with Crippen molar-refractivity contribution in [2.24, 2.45) is 7.05 Å². The highest BCUT2D eigenvalue weighted by Gasteiger charge is 2.27. The van der Waals surface area contributed by atoms with E-state index in [2.05, 4.69) is 26.2 Å². The summed E-state index contributed by atoms with van der Waals surface area (Å²) in [4.78, 5) is 14.0. The second-order valence-corrected chi connectivity index (χ2v) is 5.26. The lowest BCUT2D eigenvalue weighted by atomic mass is 10.1. The van der Waals surface area contributed by atoms with Gasteiger partial charge in [-0.25, -0.2) is 0 Å². The molecule has 5 nitrogen and oxygen atoms in total. The normalized spacial score (nSPS) is 14.1. The van der Waals surface area contributed by atoms with Gasteiger partial charge >= 0.3 is 0 Å². The third kappa shape index (κ3) is 1.92. The van der Waals surface area contributed by atoms with Crippen LogP contribution in [0.15, 0.2) is 28.9 Å². The van der Waals surface area contributed by atoms with Gasteiger partial charge in [0.1, 0.15) is 5.69 Å². The van der Waals surface area contributed by atoms with Crippen LogP contribution in [0.3, 0.4) is 0 Å². The van der Waals surface area contributed by atoms with Crippen molar-refractivity contribution in [1.29, 1.82) is 0 Å². The van der Waals surface area contributed by atoms with Gasteiger partial charge in [0.25, 0.3) is 5.91 Å². The Hall–Kier alpha value is -1.69. The third-order valence-electron chi connectivity index (χ3n) is 2.95. The van der Waals surface area contributed by atoms with Gasteiger partial charge in [0, 0.05) is 29.8 Å². The predicted molar refractivity (Wildman–Crippen MR) is 68.7 cm³/mol. The molecule has 1 amide bonds. The molecule has 1 aromatic carbocycles. The van der Waals surface area contributed by atoms with Crippen molar-refractivity contribution in [2.45, 2.75) is 13.1 Å². The predicted octanol–water partition coefficient (Wildman–Crippen LogP) is 1.73. The second kappa shape index (κ2) is 4.20. The Labute approximate surface area is 113 Å². The first-order chi connectivity index (χ1) is 8.63. The summed E-state index contributed by atoms with van der Waals surface area (Å²) in [6, 6.07) is 5.81. The first-order valence-corrected chi connectivity index (χ1v) is 6.36. The number of hydrogen-bond acceptors (Lipinski definition) is 3.